The second-order valence-corrected chi connectivity index (χ2v) is 10.5. The highest BCUT2D eigenvalue weighted by Crippen LogP contribution is 2.26. The normalized spacial score (nSPS) is 18.4. The van der Waals surface area contributed by atoms with E-state index in [1.165, 1.54) is 0 Å². The van der Waals surface area contributed by atoms with Gasteiger partial charge in [-0.25, -0.2) is 17.9 Å². The molecule has 178 valence electrons. The zero-order valence-corrected chi connectivity index (χ0v) is 20.1. The summed E-state index contributed by atoms with van der Waals surface area (Å²) in [5.41, 5.74) is 4.14. The Morgan fingerprint density at radius 1 is 0.941 bits per heavy atom. The first-order chi connectivity index (χ1) is 16.4. The van der Waals surface area contributed by atoms with Crippen molar-refractivity contribution in [1.82, 2.24) is 9.62 Å². The van der Waals surface area contributed by atoms with Gasteiger partial charge in [0.25, 0.3) is 0 Å². The van der Waals surface area contributed by atoms with Crippen molar-refractivity contribution in [3.63, 3.8) is 0 Å². The molecule has 0 aliphatic carbocycles. The summed E-state index contributed by atoms with van der Waals surface area (Å²) in [5.74, 6) is 0. The van der Waals surface area contributed by atoms with Crippen LogP contribution in [0.4, 0.5) is 4.79 Å². The topological polar surface area (TPSA) is 75.7 Å². The summed E-state index contributed by atoms with van der Waals surface area (Å²) < 4.78 is 32.5. The minimum atomic E-state index is -3.43. The molecule has 1 fully saturated rings. The van der Waals surface area contributed by atoms with Crippen molar-refractivity contribution in [2.45, 2.75) is 38.0 Å². The summed E-state index contributed by atoms with van der Waals surface area (Å²) in [6, 6.07) is 27.1. The van der Waals surface area contributed by atoms with Crippen LogP contribution in [0.15, 0.2) is 84.9 Å². The number of amides is 1. The zero-order chi connectivity index (χ0) is 24.0. The number of piperidine rings is 1. The Labute approximate surface area is 201 Å². The first-order valence-corrected chi connectivity index (χ1v) is 13.4. The van der Waals surface area contributed by atoms with E-state index in [-0.39, 0.29) is 18.7 Å². The summed E-state index contributed by atoms with van der Waals surface area (Å²) in [5, 5.41) is 0. The van der Waals surface area contributed by atoms with Crippen molar-refractivity contribution < 1.29 is 17.9 Å². The van der Waals surface area contributed by atoms with Crippen LogP contribution in [0.25, 0.3) is 11.1 Å². The molecule has 0 radical (unpaired) electrons. The van der Waals surface area contributed by atoms with Gasteiger partial charge >= 0.3 is 6.09 Å². The van der Waals surface area contributed by atoms with Crippen LogP contribution in [0.2, 0.25) is 0 Å². The van der Waals surface area contributed by atoms with E-state index in [4.69, 9.17) is 4.74 Å². The van der Waals surface area contributed by atoms with E-state index in [2.05, 4.69) is 29.0 Å². The molecule has 2 atom stereocenters. The Morgan fingerprint density at radius 3 is 2.29 bits per heavy atom. The number of benzene rings is 3. The van der Waals surface area contributed by atoms with Crippen LogP contribution in [0.3, 0.4) is 0 Å². The smallest absolute Gasteiger partial charge is 0.410 e. The number of hydrogen-bond acceptors (Lipinski definition) is 4. The lowest BCUT2D eigenvalue weighted by atomic mass is 9.90. The molecule has 1 heterocycles. The molecule has 1 N–H and O–H groups in total. The molecule has 3 aromatic rings. The Balaban J connectivity index is 1.56. The van der Waals surface area contributed by atoms with E-state index in [0.717, 1.165) is 28.5 Å². The predicted molar refractivity (Wildman–Crippen MR) is 134 cm³/mol. The maximum Gasteiger partial charge on any atom is 0.410 e. The lowest BCUT2D eigenvalue weighted by molar-refractivity contribution is 0.0599. The number of rotatable bonds is 7. The predicted octanol–water partition coefficient (Wildman–Crippen LogP) is 4.62. The number of carbonyl (C=O) groups is 1. The molecule has 4 rings (SSSR count). The summed E-state index contributed by atoms with van der Waals surface area (Å²) in [7, 11) is -3.43. The minimum Gasteiger partial charge on any atom is -0.445 e. The molecule has 1 aliphatic rings. The lowest BCUT2D eigenvalue weighted by Crippen LogP contribution is -2.57. The van der Waals surface area contributed by atoms with Gasteiger partial charge in [0.1, 0.15) is 6.61 Å². The van der Waals surface area contributed by atoms with E-state index < -0.39 is 16.1 Å². The fourth-order valence-corrected chi connectivity index (χ4v) is 5.33. The minimum absolute atomic E-state index is 0.177. The van der Waals surface area contributed by atoms with Crippen molar-refractivity contribution in [2.75, 3.05) is 12.8 Å². The number of nitrogens with zero attached hydrogens (tertiary/aromatic N) is 1. The highest BCUT2D eigenvalue weighted by Gasteiger charge is 2.36. The van der Waals surface area contributed by atoms with Crippen molar-refractivity contribution in [2.24, 2.45) is 0 Å². The number of ether oxygens (including phenoxy) is 1. The van der Waals surface area contributed by atoms with Crippen LogP contribution in [0.1, 0.15) is 24.0 Å². The van der Waals surface area contributed by atoms with Gasteiger partial charge in [0.05, 0.1) is 12.3 Å². The molecule has 34 heavy (non-hydrogen) atoms. The fraction of sp³-hybridized carbons (Fsp3) is 0.296. The van der Waals surface area contributed by atoms with Gasteiger partial charge in [-0.05, 0) is 41.5 Å². The van der Waals surface area contributed by atoms with Crippen molar-refractivity contribution in [3.8, 4) is 11.1 Å². The third-order valence-electron chi connectivity index (χ3n) is 6.06. The highest BCUT2D eigenvalue weighted by atomic mass is 32.2. The standard InChI is InChI=1S/C27H30N2O4S/c1-34(31,32)28-25-16-9-17-29(27(30)33-20-21-10-4-2-5-11-21)26(25)19-22-12-8-15-24(18-22)23-13-6-3-7-14-23/h2-8,10-15,18,25-26,28H,9,16-17,19-20H2,1H3/t25-,26-/m1/s1. The lowest BCUT2D eigenvalue weighted by Gasteiger charge is -2.40. The van der Waals surface area contributed by atoms with Crippen LogP contribution >= 0.6 is 0 Å². The maximum atomic E-state index is 13.1. The largest absolute Gasteiger partial charge is 0.445 e. The van der Waals surface area contributed by atoms with Crippen LogP contribution in [-0.2, 0) is 27.8 Å². The molecule has 0 unspecified atom stereocenters. The molecule has 0 spiro atoms. The monoisotopic (exact) mass is 478 g/mol. The van der Waals surface area contributed by atoms with Crippen molar-refractivity contribution >= 4 is 16.1 Å². The first-order valence-electron chi connectivity index (χ1n) is 11.5. The molecule has 0 saturated carbocycles. The van der Waals surface area contributed by atoms with Crippen LogP contribution < -0.4 is 4.72 Å². The van der Waals surface area contributed by atoms with E-state index in [1.54, 1.807) is 4.90 Å². The molecule has 6 nitrogen and oxygen atoms in total. The molecule has 3 aromatic carbocycles. The molecule has 1 aliphatic heterocycles. The van der Waals surface area contributed by atoms with Gasteiger partial charge in [0, 0.05) is 12.6 Å². The van der Waals surface area contributed by atoms with E-state index in [9.17, 15) is 13.2 Å². The molecular weight excluding hydrogens is 448 g/mol. The van der Waals surface area contributed by atoms with E-state index in [0.29, 0.717) is 25.8 Å². The summed E-state index contributed by atoms with van der Waals surface area (Å²) >= 11 is 0. The third-order valence-corrected chi connectivity index (χ3v) is 6.79. The Morgan fingerprint density at radius 2 is 1.59 bits per heavy atom. The Kier molecular flexibility index (Phi) is 7.65. The van der Waals surface area contributed by atoms with E-state index >= 15 is 0 Å². The van der Waals surface area contributed by atoms with Crippen molar-refractivity contribution in [1.29, 1.82) is 0 Å². The van der Waals surface area contributed by atoms with Gasteiger partial charge in [0.2, 0.25) is 10.0 Å². The molecule has 1 saturated heterocycles. The number of nitrogens with one attached hydrogen (secondary N) is 1. The fourth-order valence-electron chi connectivity index (χ4n) is 4.50. The van der Waals surface area contributed by atoms with Crippen LogP contribution in [-0.4, -0.2) is 44.3 Å². The third kappa shape index (κ3) is 6.46. The highest BCUT2D eigenvalue weighted by molar-refractivity contribution is 7.88. The molecule has 7 heteroatoms. The zero-order valence-electron chi connectivity index (χ0n) is 19.3. The number of hydrogen-bond donors (Lipinski definition) is 1. The van der Waals surface area contributed by atoms with Crippen LogP contribution in [0, 0.1) is 0 Å². The van der Waals surface area contributed by atoms with Gasteiger partial charge in [-0.1, -0.05) is 84.9 Å². The number of likely N-dealkylation sites (tertiary alicyclic amines) is 1. The summed E-state index contributed by atoms with van der Waals surface area (Å²) in [6.07, 6.45) is 2.63. The van der Waals surface area contributed by atoms with Crippen molar-refractivity contribution in [3.05, 3.63) is 96.1 Å². The van der Waals surface area contributed by atoms with Gasteiger partial charge in [-0.3, -0.25) is 0 Å². The second-order valence-electron chi connectivity index (χ2n) is 8.71. The van der Waals surface area contributed by atoms with Gasteiger partial charge in [0.15, 0.2) is 0 Å². The van der Waals surface area contributed by atoms with Gasteiger partial charge < -0.3 is 9.64 Å². The quantitative estimate of drug-likeness (QED) is 0.538. The first kappa shape index (κ1) is 24.0. The Bertz CT molecular complexity index is 1200. The van der Waals surface area contributed by atoms with Gasteiger partial charge in [-0.2, -0.15) is 0 Å². The molecule has 0 aromatic heterocycles. The second kappa shape index (κ2) is 10.8. The molecule has 0 bridgehead atoms. The number of carbonyl (C=O) groups excluding carboxylic acids is 1. The average Bonchev–Trinajstić information content (AvgIpc) is 2.84. The van der Waals surface area contributed by atoms with Gasteiger partial charge in [-0.15, -0.1) is 0 Å². The van der Waals surface area contributed by atoms with E-state index in [1.807, 2.05) is 60.7 Å². The summed E-state index contributed by atoms with van der Waals surface area (Å²) in [6.45, 7) is 0.704. The number of sulfonamides is 1. The molecular formula is C27H30N2O4S. The maximum absolute atomic E-state index is 13.1. The van der Waals surface area contributed by atoms with Crippen LogP contribution in [0.5, 0.6) is 0 Å². The summed E-state index contributed by atoms with van der Waals surface area (Å²) in [4.78, 5) is 14.8. The molecule has 1 amide bonds. The SMILES string of the molecule is CS(=O)(=O)N[C@@H]1CCCN(C(=O)OCc2ccccc2)[C@@H]1Cc1cccc(-c2ccccc2)c1. The Hall–Kier alpha value is -3.16. The average molecular weight is 479 g/mol.